The second-order valence-corrected chi connectivity index (χ2v) is 8.63. The van der Waals surface area contributed by atoms with Crippen molar-refractivity contribution in [3.05, 3.63) is 59.9 Å². The van der Waals surface area contributed by atoms with Crippen molar-refractivity contribution in [2.45, 2.75) is 37.3 Å². The fraction of sp³-hybridized carbons (Fsp3) is 0.400. The molecular formula is C20H27FN2O3S. The van der Waals surface area contributed by atoms with Crippen LogP contribution in [0.1, 0.15) is 31.9 Å². The Morgan fingerprint density at radius 3 is 2.11 bits per heavy atom. The molecule has 3 unspecified atom stereocenters. The van der Waals surface area contributed by atoms with Gasteiger partial charge in [-0.05, 0) is 47.9 Å². The van der Waals surface area contributed by atoms with Gasteiger partial charge >= 0.3 is 0 Å². The Morgan fingerprint density at radius 2 is 1.63 bits per heavy atom. The van der Waals surface area contributed by atoms with Gasteiger partial charge < -0.3 is 10.0 Å². The van der Waals surface area contributed by atoms with Crippen LogP contribution in [0.2, 0.25) is 0 Å². The summed E-state index contributed by atoms with van der Waals surface area (Å²) in [6, 6.07) is 11.2. The molecule has 5 nitrogen and oxygen atoms in total. The van der Waals surface area contributed by atoms with Crippen molar-refractivity contribution in [3.63, 3.8) is 0 Å². The molecule has 0 heterocycles. The molecule has 2 rings (SSSR count). The van der Waals surface area contributed by atoms with E-state index < -0.39 is 28.0 Å². The molecule has 0 amide bonds. The zero-order chi connectivity index (χ0) is 20.2. The number of anilines is 1. The van der Waals surface area contributed by atoms with Crippen molar-refractivity contribution in [2.24, 2.45) is 5.92 Å². The van der Waals surface area contributed by atoms with Crippen molar-refractivity contribution >= 4 is 15.7 Å². The lowest BCUT2D eigenvalue weighted by atomic mass is 9.91. The highest BCUT2D eigenvalue weighted by molar-refractivity contribution is 7.89. The average Bonchev–Trinajstić information content (AvgIpc) is 2.65. The van der Waals surface area contributed by atoms with Gasteiger partial charge in [-0.25, -0.2) is 17.5 Å². The molecule has 0 spiro atoms. The number of halogens is 1. The Bertz CT molecular complexity index is 837. The second kappa shape index (κ2) is 8.82. The van der Waals surface area contributed by atoms with Crippen molar-refractivity contribution in [3.8, 4) is 0 Å². The summed E-state index contributed by atoms with van der Waals surface area (Å²) in [5.41, 5.74) is 1.62. The highest BCUT2D eigenvalue weighted by Gasteiger charge is 2.30. The molecular weight excluding hydrogens is 367 g/mol. The monoisotopic (exact) mass is 394 g/mol. The molecule has 27 heavy (non-hydrogen) atoms. The Labute approximate surface area is 160 Å². The summed E-state index contributed by atoms with van der Waals surface area (Å²) < 4.78 is 41.1. The zero-order valence-electron chi connectivity index (χ0n) is 16.1. The van der Waals surface area contributed by atoms with Gasteiger partial charge in [-0.1, -0.05) is 32.4 Å². The molecule has 2 aromatic rings. The number of hydrogen-bond acceptors (Lipinski definition) is 4. The third-order valence-corrected chi connectivity index (χ3v) is 6.24. The van der Waals surface area contributed by atoms with Crippen LogP contribution in [0.15, 0.2) is 53.4 Å². The van der Waals surface area contributed by atoms with E-state index in [1.54, 1.807) is 12.1 Å². The minimum absolute atomic E-state index is 0.0349. The van der Waals surface area contributed by atoms with Crippen LogP contribution in [0.3, 0.4) is 0 Å². The van der Waals surface area contributed by atoms with Crippen LogP contribution in [0.5, 0.6) is 0 Å². The topological polar surface area (TPSA) is 69.6 Å². The number of aliphatic hydroxyl groups is 1. The van der Waals surface area contributed by atoms with E-state index in [9.17, 15) is 17.9 Å². The Hall–Kier alpha value is -1.96. The predicted octanol–water partition coefficient (Wildman–Crippen LogP) is 3.32. The zero-order valence-corrected chi connectivity index (χ0v) is 16.9. The highest BCUT2D eigenvalue weighted by Crippen LogP contribution is 2.27. The Balaban J connectivity index is 2.30. The molecule has 0 aliphatic heterocycles. The molecule has 3 atom stereocenters. The van der Waals surface area contributed by atoms with Gasteiger partial charge in [-0.15, -0.1) is 0 Å². The van der Waals surface area contributed by atoms with Crippen LogP contribution in [0.4, 0.5) is 10.1 Å². The summed E-state index contributed by atoms with van der Waals surface area (Å²) >= 11 is 0. The molecule has 148 valence electrons. The number of nitrogens with one attached hydrogen (secondary N) is 1. The van der Waals surface area contributed by atoms with Crippen LogP contribution in [0, 0.1) is 11.7 Å². The number of aliphatic hydroxyl groups excluding tert-OH is 1. The van der Waals surface area contributed by atoms with Gasteiger partial charge in [0.15, 0.2) is 0 Å². The summed E-state index contributed by atoms with van der Waals surface area (Å²) in [6.07, 6.45) is -0.324. The Kier molecular flexibility index (Phi) is 6.97. The van der Waals surface area contributed by atoms with E-state index >= 15 is 0 Å². The van der Waals surface area contributed by atoms with E-state index in [2.05, 4.69) is 4.72 Å². The van der Waals surface area contributed by atoms with Gasteiger partial charge in [0.2, 0.25) is 10.0 Å². The van der Waals surface area contributed by atoms with Gasteiger partial charge in [-0.2, -0.15) is 0 Å². The first-order valence-corrected chi connectivity index (χ1v) is 10.4. The van der Waals surface area contributed by atoms with Crippen LogP contribution < -0.4 is 9.62 Å². The molecule has 2 aromatic carbocycles. The fourth-order valence-corrected chi connectivity index (χ4v) is 4.13. The SMILES string of the molecule is CCC(C)C(NS(=O)(=O)c1ccc(F)cc1)C(O)c1ccc(N(C)C)cc1. The number of rotatable bonds is 8. The van der Waals surface area contributed by atoms with Gasteiger partial charge in [-0.3, -0.25) is 0 Å². The van der Waals surface area contributed by atoms with E-state index in [0.717, 1.165) is 17.8 Å². The van der Waals surface area contributed by atoms with Crippen LogP contribution >= 0.6 is 0 Å². The number of nitrogens with zero attached hydrogens (tertiary/aromatic N) is 1. The first-order chi connectivity index (χ1) is 12.7. The van der Waals surface area contributed by atoms with Crippen molar-refractivity contribution < 1.29 is 17.9 Å². The molecule has 2 N–H and O–H groups in total. The minimum Gasteiger partial charge on any atom is -0.387 e. The molecule has 0 saturated heterocycles. The van der Waals surface area contributed by atoms with E-state index in [1.807, 2.05) is 45.0 Å². The van der Waals surface area contributed by atoms with Gasteiger partial charge in [0.1, 0.15) is 5.82 Å². The van der Waals surface area contributed by atoms with Gasteiger partial charge in [0.25, 0.3) is 0 Å². The summed E-state index contributed by atoms with van der Waals surface area (Å²) in [6.45, 7) is 3.82. The molecule has 0 radical (unpaired) electrons. The van der Waals surface area contributed by atoms with Crippen molar-refractivity contribution in [1.82, 2.24) is 4.72 Å². The summed E-state index contributed by atoms with van der Waals surface area (Å²) in [7, 11) is -0.0492. The quantitative estimate of drug-likeness (QED) is 0.721. The van der Waals surface area contributed by atoms with E-state index in [4.69, 9.17) is 0 Å². The third-order valence-electron chi connectivity index (χ3n) is 4.76. The second-order valence-electron chi connectivity index (χ2n) is 6.92. The van der Waals surface area contributed by atoms with Crippen LogP contribution in [0.25, 0.3) is 0 Å². The first kappa shape index (κ1) is 21.3. The lowest BCUT2D eigenvalue weighted by molar-refractivity contribution is 0.112. The smallest absolute Gasteiger partial charge is 0.240 e. The maximum Gasteiger partial charge on any atom is 0.240 e. The average molecular weight is 395 g/mol. The number of sulfonamides is 1. The summed E-state index contributed by atoms with van der Waals surface area (Å²) in [4.78, 5) is 1.91. The summed E-state index contributed by atoms with van der Waals surface area (Å²) in [5, 5.41) is 10.9. The molecule has 0 aromatic heterocycles. The van der Waals surface area contributed by atoms with Crippen molar-refractivity contribution in [2.75, 3.05) is 19.0 Å². The Morgan fingerprint density at radius 1 is 1.07 bits per heavy atom. The highest BCUT2D eigenvalue weighted by atomic mass is 32.2. The van der Waals surface area contributed by atoms with Gasteiger partial charge in [0, 0.05) is 19.8 Å². The van der Waals surface area contributed by atoms with E-state index in [1.165, 1.54) is 12.1 Å². The number of benzene rings is 2. The molecule has 0 saturated carbocycles. The standard InChI is InChI=1S/C20H27FN2O3S/c1-5-14(2)19(20(24)15-6-10-17(11-7-15)23(3)4)22-27(25,26)18-12-8-16(21)9-13-18/h6-14,19-20,22,24H,5H2,1-4H3. The molecule has 7 heteroatoms. The summed E-state index contributed by atoms with van der Waals surface area (Å²) in [5.74, 6) is -0.614. The van der Waals surface area contributed by atoms with E-state index in [0.29, 0.717) is 12.0 Å². The molecule has 0 aliphatic rings. The molecule has 0 fully saturated rings. The fourth-order valence-electron chi connectivity index (χ4n) is 2.78. The lowest BCUT2D eigenvalue weighted by Gasteiger charge is -2.29. The van der Waals surface area contributed by atoms with Crippen LogP contribution in [-0.4, -0.2) is 33.7 Å². The largest absolute Gasteiger partial charge is 0.387 e. The van der Waals surface area contributed by atoms with Crippen molar-refractivity contribution in [1.29, 1.82) is 0 Å². The maximum atomic E-state index is 13.1. The van der Waals surface area contributed by atoms with Gasteiger partial charge in [0.05, 0.1) is 17.0 Å². The van der Waals surface area contributed by atoms with E-state index in [-0.39, 0.29) is 10.8 Å². The first-order valence-electron chi connectivity index (χ1n) is 8.89. The maximum absolute atomic E-state index is 13.1. The third kappa shape index (κ3) is 5.28. The molecule has 0 aliphatic carbocycles. The molecule has 0 bridgehead atoms. The lowest BCUT2D eigenvalue weighted by Crippen LogP contribution is -2.43. The minimum atomic E-state index is -3.89. The number of hydrogen-bond donors (Lipinski definition) is 2. The normalized spacial score (nSPS) is 15.2. The van der Waals surface area contributed by atoms with Crippen LogP contribution in [-0.2, 0) is 10.0 Å². The predicted molar refractivity (Wildman–Crippen MR) is 106 cm³/mol.